The molecule has 0 spiro atoms. The van der Waals surface area contributed by atoms with Gasteiger partial charge in [-0.3, -0.25) is 0 Å². The number of carboxylic acid groups (broad SMARTS) is 1. The van der Waals surface area contributed by atoms with E-state index < -0.39 is 5.97 Å². The molecule has 110 valence electrons. The highest BCUT2D eigenvalue weighted by molar-refractivity contribution is 5.91. The highest BCUT2D eigenvalue weighted by atomic mass is 16.4. The highest BCUT2D eigenvalue weighted by Gasteiger charge is 2.19. The average Bonchev–Trinajstić information content (AvgIpc) is 2.24. The van der Waals surface area contributed by atoms with E-state index in [4.69, 9.17) is 5.11 Å². The summed E-state index contributed by atoms with van der Waals surface area (Å²) in [6.07, 6.45) is 1.34. The molecule has 0 radical (unpaired) electrons. The van der Waals surface area contributed by atoms with Crippen LogP contribution in [0, 0.1) is 19.8 Å². The van der Waals surface area contributed by atoms with Gasteiger partial charge in [-0.15, -0.1) is 0 Å². The number of benzene rings is 1. The molecular weight excluding hydrogens is 248 g/mol. The molecule has 2 nitrogen and oxygen atoms in total. The zero-order chi connectivity index (χ0) is 15.7. The number of allylic oxidation sites excluding steroid dienone is 1. The maximum absolute atomic E-state index is 11.1. The van der Waals surface area contributed by atoms with Crippen LogP contribution in [-0.4, -0.2) is 11.1 Å². The Morgan fingerprint density at radius 1 is 1.15 bits per heavy atom. The Balaban J connectivity index is 3.50. The van der Waals surface area contributed by atoms with E-state index in [1.54, 1.807) is 0 Å². The Labute approximate surface area is 122 Å². The fraction of sp³-hybridized carbons (Fsp3) is 0.500. The van der Waals surface area contributed by atoms with Crippen LogP contribution in [0.4, 0.5) is 0 Å². The molecular formula is C18H26O2. The van der Waals surface area contributed by atoms with Crippen molar-refractivity contribution in [3.05, 3.63) is 40.5 Å². The van der Waals surface area contributed by atoms with Gasteiger partial charge in [0.25, 0.3) is 0 Å². The molecule has 1 rings (SSSR count). The molecule has 2 heteroatoms. The highest BCUT2D eigenvalue weighted by Crippen LogP contribution is 2.33. The van der Waals surface area contributed by atoms with Gasteiger partial charge in [-0.05, 0) is 53.0 Å². The van der Waals surface area contributed by atoms with Gasteiger partial charge in [0.15, 0.2) is 0 Å². The van der Waals surface area contributed by atoms with E-state index in [-0.39, 0.29) is 11.3 Å². The summed E-state index contributed by atoms with van der Waals surface area (Å²) in [4.78, 5) is 11.1. The van der Waals surface area contributed by atoms with Crippen molar-refractivity contribution in [2.24, 2.45) is 5.92 Å². The number of rotatable bonds is 3. The standard InChI is InChI=1S/C18H26O2/c1-11(2)15(10-16(19)20)17-12(3)8-14(9-13(17)4)18(5,6)7/h8-11H,1-7H3,(H,19,20)/b15-10+. The summed E-state index contributed by atoms with van der Waals surface area (Å²) in [5.74, 6) is -0.698. The zero-order valence-electron chi connectivity index (χ0n) is 13.7. The second-order valence-electron chi connectivity index (χ2n) is 6.83. The van der Waals surface area contributed by atoms with Gasteiger partial charge in [0.1, 0.15) is 0 Å². The molecule has 1 N–H and O–H groups in total. The van der Waals surface area contributed by atoms with Gasteiger partial charge >= 0.3 is 5.97 Å². The number of hydrogen-bond donors (Lipinski definition) is 1. The number of hydrogen-bond acceptors (Lipinski definition) is 1. The lowest BCUT2D eigenvalue weighted by molar-refractivity contribution is -0.131. The first-order valence-corrected chi connectivity index (χ1v) is 7.10. The first-order valence-electron chi connectivity index (χ1n) is 7.10. The minimum Gasteiger partial charge on any atom is -0.478 e. The van der Waals surface area contributed by atoms with Crippen molar-refractivity contribution >= 4 is 11.5 Å². The van der Waals surface area contributed by atoms with Crippen LogP contribution in [-0.2, 0) is 10.2 Å². The summed E-state index contributed by atoms with van der Waals surface area (Å²) in [7, 11) is 0. The largest absolute Gasteiger partial charge is 0.478 e. The molecule has 0 aliphatic rings. The molecule has 0 bridgehead atoms. The molecule has 0 fully saturated rings. The molecule has 0 heterocycles. The third-order valence-corrected chi connectivity index (χ3v) is 3.59. The van der Waals surface area contributed by atoms with Crippen LogP contribution in [0.3, 0.4) is 0 Å². The second kappa shape index (κ2) is 5.82. The fourth-order valence-corrected chi connectivity index (χ4v) is 2.51. The minimum atomic E-state index is -0.882. The van der Waals surface area contributed by atoms with Crippen molar-refractivity contribution < 1.29 is 9.90 Å². The molecule has 0 unspecified atom stereocenters. The molecule has 1 aromatic rings. The van der Waals surface area contributed by atoms with Gasteiger partial charge in [-0.25, -0.2) is 4.79 Å². The SMILES string of the molecule is Cc1cc(C(C)(C)C)cc(C)c1/C(=C/C(=O)O)C(C)C. The smallest absolute Gasteiger partial charge is 0.328 e. The first kappa shape index (κ1) is 16.5. The van der Waals surface area contributed by atoms with Gasteiger partial charge < -0.3 is 5.11 Å². The van der Waals surface area contributed by atoms with Gasteiger partial charge in [-0.2, -0.15) is 0 Å². The normalized spacial score (nSPS) is 12.9. The second-order valence-corrected chi connectivity index (χ2v) is 6.83. The van der Waals surface area contributed by atoms with Crippen molar-refractivity contribution in [1.82, 2.24) is 0 Å². The van der Waals surface area contributed by atoms with E-state index in [1.165, 1.54) is 11.6 Å². The van der Waals surface area contributed by atoms with Crippen LogP contribution in [0.2, 0.25) is 0 Å². The molecule has 1 aromatic carbocycles. The number of aliphatic carboxylic acids is 1. The molecule has 0 amide bonds. The van der Waals surface area contributed by atoms with Crippen molar-refractivity contribution in [1.29, 1.82) is 0 Å². The maximum Gasteiger partial charge on any atom is 0.328 e. The van der Waals surface area contributed by atoms with E-state index in [2.05, 4.69) is 46.8 Å². The molecule has 0 saturated heterocycles. The van der Waals surface area contributed by atoms with Gasteiger partial charge in [0.05, 0.1) is 0 Å². The average molecular weight is 274 g/mol. The molecule has 0 aliphatic heterocycles. The van der Waals surface area contributed by atoms with Crippen LogP contribution >= 0.6 is 0 Å². The van der Waals surface area contributed by atoms with E-state index in [1.807, 2.05) is 13.8 Å². The maximum atomic E-state index is 11.1. The lowest BCUT2D eigenvalue weighted by Gasteiger charge is -2.24. The third-order valence-electron chi connectivity index (χ3n) is 3.59. The third kappa shape index (κ3) is 3.72. The molecule has 0 atom stereocenters. The molecule has 0 saturated carbocycles. The van der Waals surface area contributed by atoms with E-state index in [0.717, 1.165) is 22.3 Å². The molecule has 0 aromatic heterocycles. The lowest BCUT2D eigenvalue weighted by Crippen LogP contribution is -2.13. The molecule has 20 heavy (non-hydrogen) atoms. The first-order chi connectivity index (χ1) is 9.04. The Bertz CT molecular complexity index is 520. The predicted octanol–water partition coefficient (Wildman–Crippen LogP) is 4.72. The van der Waals surface area contributed by atoms with Gasteiger partial charge in [0.2, 0.25) is 0 Å². The van der Waals surface area contributed by atoms with Gasteiger partial charge in [-0.1, -0.05) is 46.8 Å². The number of carboxylic acids is 1. The summed E-state index contributed by atoms with van der Waals surface area (Å²) in [5, 5.41) is 9.08. The quantitative estimate of drug-likeness (QED) is 0.809. The Morgan fingerprint density at radius 2 is 1.60 bits per heavy atom. The molecule has 0 aliphatic carbocycles. The van der Waals surface area contributed by atoms with Crippen LogP contribution in [0.1, 0.15) is 56.9 Å². The van der Waals surface area contributed by atoms with Gasteiger partial charge in [0, 0.05) is 6.08 Å². The minimum absolute atomic E-state index is 0.0998. The van der Waals surface area contributed by atoms with E-state index in [9.17, 15) is 4.79 Å². The van der Waals surface area contributed by atoms with Crippen molar-refractivity contribution in [2.75, 3.05) is 0 Å². The monoisotopic (exact) mass is 274 g/mol. The number of carbonyl (C=O) groups is 1. The van der Waals surface area contributed by atoms with Crippen molar-refractivity contribution in [3.63, 3.8) is 0 Å². The Hall–Kier alpha value is -1.57. The fourth-order valence-electron chi connectivity index (χ4n) is 2.51. The Morgan fingerprint density at radius 3 is 1.90 bits per heavy atom. The lowest BCUT2D eigenvalue weighted by atomic mass is 9.81. The number of aryl methyl sites for hydroxylation is 2. The van der Waals surface area contributed by atoms with E-state index >= 15 is 0 Å². The van der Waals surface area contributed by atoms with Crippen LogP contribution in [0.5, 0.6) is 0 Å². The van der Waals surface area contributed by atoms with E-state index in [0.29, 0.717) is 0 Å². The summed E-state index contributed by atoms with van der Waals surface area (Å²) in [6.45, 7) is 14.8. The summed E-state index contributed by atoms with van der Waals surface area (Å²) < 4.78 is 0. The van der Waals surface area contributed by atoms with Crippen molar-refractivity contribution in [2.45, 2.75) is 53.9 Å². The van der Waals surface area contributed by atoms with Crippen molar-refractivity contribution in [3.8, 4) is 0 Å². The summed E-state index contributed by atoms with van der Waals surface area (Å²) in [6, 6.07) is 4.36. The summed E-state index contributed by atoms with van der Waals surface area (Å²) >= 11 is 0. The predicted molar refractivity (Wildman–Crippen MR) is 85.1 cm³/mol. The van der Waals surface area contributed by atoms with Crippen LogP contribution in [0.15, 0.2) is 18.2 Å². The Kier molecular flexibility index (Phi) is 4.80. The zero-order valence-corrected chi connectivity index (χ0v) is 13.7. The topological polar surface area (TPSA) is 37.3 Å². The van der Waals surface area contributed by atoms with Crippen LogP contribution in [0.25, 0.3) is 5.57 Å². The summed E-state index contributed by atoms with van der Waals surface area (Å²) in [5.41, 5.74) is 5.66. The van der Waals surface area contributed by atoms with Crippen LogP contribution < -0.4 is 0 Å².